The van der Waals surface area contributed by atoms with Crippen LogP contribution in [-0.4, -0.2) is 11.0 Å². The Hall–Kier alpha value is -0.640. The number of aryl methyl sites for hydroxylation is 2. The van der Waals surface area contributed by atoms with Crippen LogP contribution < -0.4 is 4.74 Å². The fourth-order valence-corrected chi connectivity index (χ4v) is 4.00. The van der Waals surface area contributed by atoms with Crippen molar-refractivity contribution < 1.29 is 13.9 Å². The Morgan fingerprint density at radius 2 is 1.90 bits per heavy atom. The summed E-state index contributed by atoms with van der Waals surface area (Å²) in [5, 5.41) is 0. The molecule has 0 spiro atoms. The predicted molar refractivity (Wildman–Crippen MR) is 92.0 cm³/mol. The zero-order chi connectivity index (χ0) is 14.9. The molecule has 0 N–H and O–H groups in total. The van der Waals surface area contributed by atoms with E-state index in [2.05, 4.69) is 50.2 Å². The van der Waals surface area contributed by atoms with Crippen molar-refractivity contribution in [2.75, 3.05) is 0 Å². The summed E-state index contributed by atoms with van der Waals surface area (Å²) in [7, 11) is 0. The van der Waals surface area contributed by atoms with Gasteiger partial charge in [-0.3, -0.25) is 4.79 Å². The summed E-state index contributed by atoms with van der Waals surface area (Å²) in [4.78, 5) is 15.5. The fourth-order valence-electron chi connectivity index (χ4n) is 1.89. The Bertz CT molecular complexity index is 641. The maximum Gasteiger partial charge on any atom is 0.308 e. The smallest absolute Gasteiger partial charge is 0.308 e. The fraction of sp³-hybridized carbons (Fsp3) is 0.286. The summed E-state index contributed by atoms with van der Waals surface area (Å²) in [5.74, 6) is 1.84. The first-order chi connectivity index (χ1) is 9.36. The van der Waals surface area contributed by atoms with Crippen molar-refractivity contribution in [1.29, 1.82) is 0 Å². The second kappa shape index (κ2) is 6.42. The number of hydrogen-bond donors (Lipinski definition) is 0. The van der Waals surface area contributed by atoms with Crippen LogP contribution in [0.25, 0.3) is 0 Å². The molecule has 0 unspecified atom stereocenters. The van der Waals surface area contributed by atoms with Gasteiger partial charge in [0.2, 0.25) is 0 Å². The van der Waals surface area contributed by atoms with Gasteiger partial charge >= 0.3 is 5.97 Å². The van der Waals surface area contributed by atoms with Crippen LogP contribution in [0.3, 0.4) is 0 Å². The molecule has 0 aliphatic rings. The van der Waals surface area contributed by atoms with Crippen LogP contribution in [0, 0.1) is 21.0 Å². The van der Waals surface area contributed by atoms with E-state index >= 15 is 0 Å². The molecule has 6 heteroatoms. The van der Waals surface area contributed by atoms with Gasteiger partial charge in [0, 0.05) is 20.3 Å². The van der Waals surface area contributed by atoms with E-state index < -0.39 is 0 Å². The normalized spacial score (nSPS) is 10.7. The van der Waals surface area contributed by atoms with Crippen molar-refractivity contribution in [3.05, 3.63) is 42.2 Å². The Morgan fingerprint density at radius 3 is 2.35 bits per heavy atom. The molecule has 0 aliphatic carbocycles. The number of ether oxygens (including phenoxy) is 1. The van der Waals surface area contributed by atoms with Crippen LogP contribution in [0.4, 0.5) is 0 Å². The molecule has 0 fully saturated rings. The van der Waals surface area contributed by atoms with Crippen LogP contribution in [0.5, 0.6) is 5.75 Å². The topological polar surface area (TPSA) is 52.3 Å². The largest absolute Gasteiger partial charge is 0.446 e. The van der Waals surface area contributed by atoms with Gasteiger partial charge in [-0.2, -0.15) is 0 Å². The standard InChI is InChI=1S/C14H13I2NO3/c1-7-13(17-8(2)19-7)6-10-4-11(15)14(12(16)5-10)20-9(3)18/h4-5H,6H2,1-3H3. The molecule has 0 saturated heterocycles. The molecule has 0 amide bonds. The molecule has 20 heavy (non-hydrogen) atoms. The van der Waals surface area contributed by atoms with E-state index in [4.69, 9.17) is 9.15 Å². The molecule has 106 valence electrons. The van der Waals surface area contributed by atoms with E-state index in [0.29, 0.717) is 18.1 Å². The number of carbonyl (C=O) groups excluding carboxylic acids is 1. The maximum atomic E-state index is 11.1. The molecule has 0 saturated carbocycles. The van der Waals surface area contributed by atoms with E-state index in [1.54, 1.807) is 0 Å². The molecule has 0 atom stereocenters. The minimum atomic E-state index is -0.309. The van der Waals surface area contributed by atoms with Crippen molar-refractivity contribution >= 4 is 51.2 Å². The maximum absolute atomic E-state index is 11.1. The number of oxazole rings is 1. The average molecular weight is 497 g/mol. The molecule has 1 aromatic heterocycles. The summed E-state index contributed by atoms with van der Waals surface area (Å²) >= 11 is 4.35. The van der Waals surface area contributed by atoms with Crippen molar-refractivity contribution in [2.24, 2.45) is 0 Å². The van der Waals surface area contributed by atoms with Gasteiger partial charge < -0.3 is 9.15 Å². The molecular weight excluding hydrogens is 484 g/mol. The van der Waals surface area contributed by atoms with Gasteiger partial charge in [-0.05, 0) is 69.8 Å². The zero-order valence-corrected chi connectivity index (χ0v) is 15.6. The van der Waals surface area contributed by atoms with Gasteiger partial charge in [0.25, 0.3) is 0 Å². The highest BCUT2D eigenvalue weighted by molar-refractivity contribution is 14.1. The van der Waals surface area contributed by atoms with Gasteiger partial charge in [0.1, 0.15) is 5.76 Å². The summed E-state index contributed by atoms with van der Waals surface area (Å²) in [6.45, 7) is 5.16. The van der Waals surface area contributed by atoms with Gasteiger partial charge in [0.05, 0.1) is 12.8 Å². The Morgan fingerprint density at radius 1 is 1.30 bits per heavy atom. The zero-order valence-electron chi connectivity index (χ0n) is 11.3. The molecule has 1 aromatic carbocycles. The number of carbonyl (C=O) groups is 1. The Balaban J connectivity index is 2.30. The number of rotatable bonds is 3. The van der Waals surface area contributed by atoms with Gasteiger partial charge in [-0.1, -0.05) is 0 Å². The third kappa shape index (κ3) is 3.72. The molecular formula is C14H13I2NO3. The summed E-state index contributed by atoms with van der Waals surface area (Å²) in [6, 6.07) is 4.01. The molecule has 2 rings (SSSR count). The monoisotopic (exact) mass is 497 g/mol. The van der Waals surface area contributed by atoms with Gasteiger partial charge in [0.15, 0.2) is 11.6 Å². The van der Waals surface area contributed by atoms with Crippen molar-refractivity contribution in [1.82, 2.24) is 4.98 Å². The second-order valence-electron chi connectivity index (χ2n) is 4.39. The van der Waals surface area contributed by atoms with Gasteiger partial charge in [-0.15, -0.1) is 0 Å². The van der Waals surface area contributed by atoms with Gasteiger partial charge in [-0.25, -0.2) is 4.98 Å². The lowest BCUT2D eigenvalue weighted by molar-refractivity contribution is -0.132. The third-order valence-corrected chi connectivity index (χ3v) is 4.28. The average Bonchev–Trinajstić information content (AvgIpc) is 2.62. The minimum Gasteiger partial charge on any atom is -0.446 e. The highest BCUT2D eigenvalue weighted by atomic mass is 127. The summed E-state index contributed by atoms with van der Waals surface area (Å²) in [5.41, 5.74) is 2.06. The molecule has 4 nitrogen and oxygen atoms in total. The minimum absolute atomic E-state index is 0.309. The molecule has 1 heterocycles. The number of aromatic nitrogens is 1. The van der Waals surface area contributed by atoms with Crippen LogP contribution in [0.2, 0.25) is 0 Å². The summed E-state index contributed by atoms with van der Waals surface area (Å²) in [6.07, 6.45) is 0.704. The van der Waals surface area contributed by atoms with Crippen LogP contribution in [-0.2, 0) is 11.2 Å². The molecule has 2 aromatic rings. The Kier molecular flexibility index (Phi) is 5.05. The first-order valence-corrected chi connectivity index (χ1v) is 8.12. The van der Waals surface area contributed by atoms with Crippen LogP contribution in [0.1, 0.15) is 29.8 Å². The highest BCUT2D eigenvalue weighted by Gasteiger charge is 2.13. The lowest BCUT2D eigenvalue weighted by Gasteiger charge is -2.09. The number of benzene rings is 1. The quantitative estimate of drug-likeness (QED) is 0.366. The molecule has 0 aliphatic heterocycles. The van der Waals surface area contributed by atoms with Crippen molar-refractivity contribution in [3.8, 4) is 5.75 Å². The number of halogens is 2. The van der Waals surface area contributed by atoms with Crippen molar-refractivity contribution in [2.45, 2.75) is 27.2 Å². The van der Waals surface area contributed by atoms with E-state index in [1.807, 2.05) is 26.0 Å². The first-order valence-electron chi connectivity index (χ1n) is 5.96. The number of esters is 1. The SMILES string of the molecule is CC(=O)Oc1c(I)cc(Cc2nc(C)oc2C)cc1I. The number of hydrogen-bond acceptors (Lipinski definition) is 4. The highest BCUT2D eigenvalue weighted by Crippen LogP contribution is 2.30. The van der Waals surface area contributed by atoms with Crippen LogP contribution >= 0.6 is 45.2 Å². The van der Waals surface area contributed by atoms with E-state index in [0.717, 1.165) is 24.2 Å². The van der Waals surface area contributed by atoms with E-state index in [9.17, 15) is 4.79 Å². The second-order valence-corrected chi connectivity index (χ2v) is 6.72. The van der Waals surface area contributed by atoms with E-state index in [1.165, 1.54) is 6.92 Å². The third-order valence-electron chi connectivity index (χ3n) is 2.68. The lowest BCUT2D eigenvalue weighted by Crippen LogP contribution is -2.05. The summed E-state index contributed by atoms with van der Waals surface area (Å²) < 4.78 is 12.5. The van der Waals surface area contributed by atoms with Crippen molar-refractivity contribution in [3.63, 3.8) is 0 Å². The van der Waals surface area contributed by atoms with E-state index in [-0.39, 0.29) is 5.97 Å². The lowest BCUT2D eigenvalue weighted by atomic mass is 10.1. The number of nitrogens with zero attached hydrogens (tertiary/aromatic N) is 1. The Labute approximate surface area is 144 Å². The molecule has 0 radical (unpaired) electrons. The predicted octanol–water partition coefficient (Wildman–Crippen LogP) is 4.02. The van der Waals surface area contributed by atoms with Crippen LogP contribution in [0.15, 0.2) is 16.5 Å². The first kappa shape index (κ1) is 15.7. The molecule has 0 bridgehead atoms.